The van der Waals surface area contributed by atoms with Gasteiger partial charge in [0.25, 0.3) is 0 Å². The van der Waals surface area contributed by atoms with E-state index in [9.17, 15) is 0 Å². The Morgan fingerprint density at radius 3 is 3.05 bits per heavy atom. The molecule has 0 aliphatic carbocycles. The van der Waals surface area contributed by atoms with Crippen LogP contribution in [0, 0.1) is 6.92 Å². The summed E-state index contributed by atoms with van der Waals surface area (Å²) in [4.78, 5) is 8.81. The van der Waals surface area contributed by atoms with Crippen LogP contribution in [0.2, 0.25) is 0 Å². The number of hydrogen-bond acceptors (Lipinski definition) is 4. The van der Waals surface area contributed by atoms with Crippen molar-refractivity contribution in [2.24, 2.45) is 0 Å². The van der Waals surface area contributed by atoms with E-state index in [0.29, 0.717) is 6.54 Å². The summed E-state index contributed by atoms with van der Waals surface area (Å²) in [5, 5.41) is 3.33. The Hall–Kier alpha value is -1.88. The van der Waals surface area contributed by atoms with Gasteiger partial charge in [-0.2, -0.15) is 0 Å². The molecule has 0 amide bonds. The average Bonchev–Trinajstić information content (AvgIpc) is 2.89. The largest absolute Gasteiger partial charge is 0.382 e. The van der Waals surface area contributed by atoms with Crippen LogP contribution in [0.4, 0.5) is 5.95 Å². The Labute approximate surface area is 120 Å². The highest BCUT2D eigenvalue weighted by molar-refractivity contribution is 5.27. The Morgan fingerprint density at radius 1 is 1.35 bits per heavy atom. The molecule has 5 heteroatoms. The molecule has 0 atom stereocenters. The molecule has 0 bridgehead atoms. The molecule has 2 aromatic heterocycles. The third kappa shape index (κ3) is 4.35. The van der Waals surface area contributed by atoms with Gasteiger partial charge < -0.3 is 14.6 Å². The van der Waals surface area contributed by atoms with Crippen LogP contribution in [0.3, 0.4) is 0 Å². The van der Waals surface area contributed by atoms with E-state index < -0.39 is 0 Å². The summed E-state index contributed by atoms with van der Waals surface area (Å²) in [6, 6.07) is 6.04. The van der Waals surface area contributed by atoms with Gasteiger partial charge >= 0.3 is 0 Å². The molecular weight excluding hydrogens is 252 g/mol. The maximum absolute atomic E-state index is 5.35. The van der Waals surface area contributed by atoms with Gasteiger partial charge in [-0.25, -0.2) is 4.98 Å². The lowest BCUT2D eigenvalue weighted by Gasteiger charge is -2.10. The summed E-state index contributed by atoms with van der Waals surface area (Å²) in [7, 11) is 0. The van der Waals surface area contributed by atoms with Crippen molar-refractivity contribution in [3.63, 3.8) is 0 Å². The second kappa shape index (κ2) is 7.65. The third-order valence-electron chi connectivity index (χ3n) is 2.98. The quantitative estimate of drug-likeness (QED) is 0.752. The van der Waals surface area contributed by atoms with Crippen molar-refractivity contribution in [3.8, 4) is 0 Å². The third-order valence-corrected chi connectivity index (χ3v) is 2.98. The van der Waals surface area contributed by atoms with Crippen LogP contribution < -0.4 is 5.32 Å². The number of aromatic nitrogens is 3. The first-order valence-electron chi connectivity index (χ1n) is 7.05. The van der Waals surface area contributed by atoms with Crippen molar-refractivity contribution in [3.05, 3.63) is 42.0 Å². The topological polar surface area (TPSA) is 52.0 Å². The summed E-state index contributed by atoms with van der Waals surface area (Å²) < 4.78 is 7.46. The van der Waals surface area contributed by atoms with Crippen LogP contribution in [0.25, 0.3) is 0 Å². The maximum atomic E-state index is 5.35. The molecule has 108 valence electrons. The van der Waals surface area contributed by atoms with Gasteiger partial charge in [0.05, 0.1) is 12.2 Å². The summed E-state index contributed by atoms with van der Waals surface area (Å²) in [6.45, 7) is 7.16. The maximum Gasteiger partial charge on any atom is 0.203 e. The fraction of sp³-hybridized carbons (Fsp3) is 0.467. The Balaban J connectivity index is 1.85. The van der Waals surface area contributed by atoms with E-state index in [1.807, 2.05) is 44.4 Å². The van der Waals surface area contributed by atoms with Crippen LogP contribution in [0.15, 0.2) is 30.6 Å². The van der Waals surface area contributed by atoms with Crippen LogP contribution in [-0.4, -0.2) is 27.7 Å². The van der Waals surface area contributed by atoms with E-state index in [1.54, 1.807) is 0 Å². The van der Waals surface area contributed by atoms with Crippen molar-refractivity contribution < 1.29 is 4.74 Å². The van der Waals surface area contributed by atoms with Crippen molar-refractivity contribution >= 4 is 5.95 Å². The van der Waals surface area contributed by atoms with Crippen LogP contribution in [0.1, 0.15) is 24.7 Å². The van der Waals surface area contributed by atoms with E-state index >= 15 is 0 Å². The second-order valence-corrected chi connectivity index (χ2v) is 4.62. The number of hydrogen-bond donors (Lipinski definition) is 1. The molecule has 0 aromatic carbocycles. The highest BCUT2D eigenvalue weighted by Gasteiger charge is 2.03. The molecule has 0 saturated carbocycles. The van der Waals surface area contributed by atoms with Crippen LogP contribution in [-0.2, 0) is 17.8 Å². The number of imidazole rings is 1. The zero-order valence-electron chi connectivity index (χ0n) is 12.2. The first-order chi connectivity index (χ1) is 9.79. The first-order valence-corrected chi connectivity index (χ1v) is 7.05. The molecule has 0 aliphatic rings. The van der Waals surface area contributed by atoms with Gasteiger partial charge in [-0.3, -0.25) is 4.98 Å². The number of nitrogens with one attached hydrogen (secondary N) is 1. The highest BCUT2D eigenvalue weighted by atomic mass is 16.5. The van der Waals surface area contributed by atoms with Gasteiger partial charge in [-0.15, -0.1) is 0 Å². The Morgan fingerprint density at radius 2 is 2.25 bits per heavy atom. The lowest BCUT2D eigenvalue weighted by atomic mass is 10.3. The molecule has 0 radical (unpaired) electrons. The summed E-state index contributed by atoms with van der Waals surface area (Å²) >= 11 is 0. The lowest BCUT2D eigenvalue weighted by molar-refractivity contribution is 0.142. The van der Waals surface area contributed by atoms with E-state index in [2.05, 4.69) is 19.9 Å². The van der Waals surface area contributed by atoms with E-state index in [-0.39, 0.29) is 0 Å². The van der Waals surface area contributed by atoms with Gasteiger partial charge in [-0.1, -0.05) is 6.07 Å². The molecule has 20 heavy (non-hydrogen) atoms. The van der Waals surface area contributed by atoms with Crippen LogP contribution >= 0.6 is 0 Å². The number of rotatable bonds is 8. The summed E-state index contributed by atoms with van der Waals surface area (Å²) in [5.41, 5.74) is 2.05. The fourth-order valence-corrected chi connectivity index (χ4v) is 2.01. The number of ether oxygens (including phenoxy) is 1. The lowest BCUT2D eigenvalue weighted by Crippen LogP contribution is -2.09. The van der Waals surface area contributed by atoms with Gasteiger partial charge in [0, 0.05) is 37.8 Å². The Bertz CT molecular complexity index is 524. The van der Waals surface area contributed by atoms with Crippen molar-refractivity contribution in [1.82, 2.24) is 14.5 Å². The van der Waals surface area contributed by atoms with E-state index in [0.717, 1.165) is 43.5 Å². The van der Waals surface area contributed by atoms with Gasteiger partial charge in [0.15, 0.2) is 0 Å². The monoisotopic (exact) mass is 274 g/mol. The number of aryl methyl sites for hydroxylation is 2. The van der Waals surface area contributed by atoms with Crippen molar-refractivity contribution in [2.75, 3.05) is 18.5 Å². The zero-order chi connectivity index (χ0) is 14.2. The molecule has 1 N–H and O–H groups in total. The SMILES string of the molecule is CCOCCCn1ccnc1NCc1cccc(C)n1. The molecule has 0 aliphatic heterocycles. The minimum atomic E-state index is 0.685. The molecule has 0 spiro atoms. The molecule has 0 saturated heterocycles. The summed E-state index contributed by atoms with van der Waals surface area (Å²) in [6.07, 6.45) is 4.78. The van der Waals surface area contributed by atoms with Crippen LogP contribution in [0.5, 0.6) is 0 Å². The molecule has 0 fully saturated rings. The van der Waals surface area contributed by atoms with E-state index in [1.165, 1.54) is 0 Å². The normalized spacial score (nSPS) is 10.7. The van der Waals surface area contributed by atoms with E-state index in [4.69, 9.17) is 4.74 Å². The molecule has 2 heterocycles. The highest BCUT2D eigenvalue weighted by Crippen LogP contribution is 2.08. The molecule has 5 nitrogen and oxygen atoms in total. The predicted molar refractivity (Wildman–Crippen MR) is 79.6 cm³/mol. The minimum absolute atomic E-state index is 0.685. The molecule has 0 unspecified atom stereocenters. The average molecular weight is 274 g/mol. The smallest absolute Gasteiger partial charge is 0.203 e. The molecule has 2 rings (SSSR count). The number of nitrogens with zero attached hydrogens (tertiary/aromatic N) is 3. The second-order valence-electron chi connectivity index (χ2n) is 4.62. The van der Waals surface area contributed by atoms with Crippen molar-refractivity contribution in [2.45, 2.75) is 33.4 Å². The standard InChI is InChI=1S/C15H22N4O/c1-3-20-11-5-9-19-10-8-16-15(19)17-12-14-7-4-6-13(2)18-14/h4,6-8,10H,3,5,9,11-12H2,1-2H3,(H,16,17). The number of anilines is 1. The van der Waals surface area contributed by atoms with Gasteiger partial charge in [0.2, 0.25) is 5.95 Å². The molecular formula is C15H22N4O. The first kappa shape index (κ1) is 14.5. The molecule has 2 aromatic rings. The minimum Gasteiger partial charge on any atom is -0.382 e. The zero-order valence-corrected chi connectivity index (χ0v) is 12.2. The summed E-state index contributed by atoms with van der Waals surface area (Å²) in [5.74, 6) is 0.879. The van der Waals surface area contributed by atoms with Crippen molar-refractivity contribution in [1.29, 1.82) is 0 Å². The van der Waals surface area contributed by atoms with Gasteiger partial charge in [-0.05, 0) is 32.4 Å². The van der Waals surface area contributed by atoms with Gasteiger partial charge in [0.1, 0.15) is 0 Å². The fourth-order valence-electron chi connectivity index (χ4n) is 2.01. The number of pyridine rings is 1. The predicted octanol–water partition coefficient (Wildman–Crippen LogP) is 2.63. The Kier molecular flexibility index (Phi) is 5.55.